The standard InChI is InChI=1S/C16H13N5O4.C16H11N3O4.Co/c1-10-15(16(23)20(19-10)11-5-3-2-4-6-11)18-17-13-9-12(21(24)25)7-8-14(13)22;20-14-8-6-11(19(22)23)9-13(14)17-18-16-12-4-2-1-3-10(12)5-7-15(16)21;/h2-9,22-23H,1H3;1-9,20-21H;/q;;+3/p-3. The number of hydrogen-bond donors (Lipinski definition) is 1. The topological polar surface area (TPSA) is 243 Å². The first kappa shape index (κ1) is 35.1. The molecule has 0 aliphatic heterocycles. The van der Waals surface area contributed by atoms with E-state index in [-0.39, 0.29) is 56.7 Å². The van der Waals surface area contributed by atoms with Crippen LogP contribution in [0.15, 0.2) is 124 Å². The number of aromatic nitrogens is 2. The fraction of sp³-hybridized carbons (Fsp3) is 0.0312. The van der Waals surface area contributed by atoms with Gasteiger partial charge in [-0.15, -0.1) is 10.2 Å². The first-order chi connectivity index (χ1) is 23.0. The van der Waals surface area contributed by atoms with Crippen LogP contribution in [0.1, 0.15) is 5.69 Å². The van der Waals surface area contributed by atoms with Crippen LogP contribution in [0.4, 0.5) is 34.1 Å². The number of hydrogen-bond acceptors (Lipinski definition) is 13. The van der Waals surface area contributed by atoms with E-state index in [0.29, 0.717) is 16.8 Å². The normalized spacial score (nSPS) is 10.9. The zero-order valence-electron chi connectivity index (χ0n) is 25.0. The Hall–Kier alpha value is -6.72. The van der Waals surface area contributed by atoms with Crippen molar-refractivity contribution in [2.24, 2.45) is 20.5 Å². The zero-order chi connectivity index (χ0) is 34.4. The van der Waals surface area contributed by atoms with Gasteiger partial charge in [-0.3, -0.25) is 20.2 Å². The van der Waals surface area contributed by atoms with Crippen LogP contribution < -0.4 is 15.3 Å². The monoisotopic (exact) mass is 704 g/mol. The summed E-state index contributed by atoms with van der Waals surface area (Å²) in [5.41, 5.74) is 0.149. The molecule has 246 valence electrons. The Labute approximate surface area is 286 Å². The molecule has 0 saturated heterocycles. The van der Waals surface area contributed by atoms with Crippen LogP contribution in [-0.2, 0) is 16.8 Å². The van der Waals surface area contributed by atoms with Gasteiger partial charge in [-0.1, -0.05) is 72.2 Å². The van der Waals surface area contributed by atoms with Gasteiger partial charge in [0, 0.05) is 35.5 Å². The van der Waals surface area contributed by atoms with Crippen LogP contribution in [0.2, 0.25) is 0 Å². The Morgan fingerprint density at radius 3 is 1.78 bits per heavy atom. The molecule has 17 heteroatoms. The Balaban J connectivity index is 0.000000217. The van der Waals surface area contributed by atoms with Crippen molar-refractivity contribution in [3.8, 4) is 28.8 Å². The fourth-order valence-corrected chi connectivity index (χ4v) is 4.31. The van der Waals surface area contributed by atoms with E-state index in [9.17, 15) is 40.7 Å². The molecule has 1 aromatic heterocycles. The molecular weight excluding hydrogens is 683 g/mol. The molecule has 0 spiro atoms. The largest absolute Gasteiger partial charge is 3.00 e. The summed E-state index contributed by atoms with van der Waals surface area (Å²) in [6.07, 6.45) is 0. The molecule has 0 amide bonds. The first-order valence-corrected chi connectivity index (χ1v) is 13.8. The summed E-state index contributed by atoms with van der Waals surface area (Å²) in [5, 5.41) is 88.2. The summed E-state index contributed by atoms with van der Waals surface area (Å²) in [6, 6.07) is 25.5. The van der Waals surface area contributed by atoms with E-state index in [2.05, 4.69) is 25.6 Å². The summed E-state index contributed by atoms with van der Waals surface area (Å²) < 4.78 is 1.18. The maximum absolute atomic E-state index is 12.4. The maximum Gasteiger partial charge on any atom is 3.00 e. The number of azo groups is 2. The number of nitro benzene ring substituents is 2. The Morgan fingerprint density at radius 1 is 0.673 bits per heavy atom. The number of non-ortho nitro benzene ring substituents is 2. The number of para-hydroxylation sites is 1. The van der Waals surface area contributed by atoms with Gasteiger partial charge in [0.15, 0.2) is 0 Å². The van der Waals surface area contributed by atoms with E-state index >= 15 is 0 Å². The molecular formula is C32H21CoN8O8. The van der Waals surface area contributed by atoms with Crippen molar-refractivity contribution in [3.63, 3.8) is 0 Å². The number of nitrogens with zero attached hydrogens (tertiary/aromatic N) is 8. The molecule has 49 heavy (non-hydrogen) atoms. The third-order valence-corrected chi connectivity index (χ3v) is 6.69. The quantitative estimate of drug-likeness (QED) is 0.107. The predicted octanol–water partition coefficient (Wildman–Crippen LogP) is 6.59. The molecule has 5 aromatic carbocycles. The molecule has 0 unspecified atom stereocenters. The average molecular weight is 705 g/mol. The smallest absolute Gasteiger partial charge is 0.871 e. The van der Waals surface area contributed by atoms with E-state index in [4.69, 9.17) is 0 Å². The van der Waals surface area contributed by atoms with Crippen molar-refractivity contribution in [2.45, 2.75) is 6.92 Å². The summed E-state index contributed by atoms with van der Waals surface area (Å²) in [5.74, 6) is -1.61. The number of benzene rings is 5. The van der Waals surface area contributed by atoms with Gasteiger partial charge in [0.05, 0.1) is 32.6 Å². The second kappa shape index (κ2) is 15.2. The average Bonchev–Trinajstić information content (AvgIpc) is 3.37. The van der Waals surface area contributed by atoms with Gasteiger partial charge in [0.1, 0.15) is 17.1 Å². The molecule has 1 heterocycles. The fourth-order valence-electron chi connectivity index (χ4n) is 4.31. The van der Waals surface area contributed by atoms with E-state index in [1.165, 1.54) is 10.7 Å². The number of aromatic hydroxyl groups is 1. The summed E-state index contributed by atoms with van der Waals surface area (Å²) in [4.78, 5) is 20.3. The third-order valence-electron chi connectivity index (χ3n) is 6.69. The maximum atomic E-state index is 12.4. The number of nitro groups is 2. The van der Waals surface area contributed by atoms with Crippen molar-refractivity contribution in [1.82, 2.24) is 9.78 Å². The molecule has 0 atom stereocenters. The number of rotatable bonds is 7. The van der Waals surface area contributed by atoms with Gasteiger partial charge < -0.3 is 20.4 Å². The van der Waals surface area contributed by atoms with Crippen molar-refractivity contribution in [3.05, 3.63) is 129 Å². The van der Waals surface area contributed by atoms with E-state index in [1.54, 1.807) is 49.4 Å². The number of aryl methyl sites for hydroxylation is 1. The van der Waals surface area contributed by atoms with Gasteiger partial charge >= 0.3 is 16.8 Å². The van der Waals surface area contributed by atoms with Gasteiger partial charge in [0.25, 0.3) is 11.4 Å². The first-order valence-electron chi connectivity index (χ1n) is 13.8. The van der Waals surface area contributed by atoms with Crippen LogP contribution in [0, 0.1) is 27.2 Å². The molecule has 6 rings (SSSR count). The van der Waals surface area contributed by atoms with Crippen molar-refractivity contribution in [1.29, 1.82) is 0 Å². The minimum atomic E-state index is -0.643. The number of fused-ring (bicyclic) bond motifs is 1. The second-order valence-corrected chi connectivity index (χ2v) is 9.86. The molecule has 1 N–H and O–H groups in total. The third kappa shape index (κ3) is 7.99. The van der Waals surface area contributed by atoms with Gasteiger partial charge in [-0.25, -0.2) is 4.68 Å². The van der Waals surface area contributed by atoms with Gasteiger partial charge in [-0.2, -0.15) is 15.3 Å². The molecule has 0 saturated carbocycles. The molecule has 0 fully saturated rings. The number of phenolic OH excluding ortho intramolecular Hbond substituents is 1. The van der Waals surface area contributed by atoms with Crippen molar-refractivity contribution < 1.29 is 47.1 Å². The SMILES string of the molecule is Cc1nn(-c2ccccc2)c([O-])c1N=Nc1cc([N+](=O)[O-])ccc1[O-].O=[N+]([O-])c1ccc([O-])c(N=Nc2c(O)ccc3ccccc23)c1.[Co+3]. The molecule has 0 bridgehead atoms. The minimum Gasteiger partial charge on any atom is -0.871 e. The molecule has 0 aliphatic carbocycles. The van der Waals surface area contributed by atoms with E-state index < -0.39 is 27.2 Å². The Kier molecular flexibility index (Phi) is 10.9. The summed E-state index contributed by atoms with van der Waals surface area (Å²) in [6.45, 7) is 1.58. The van der Waals surface area contributed by atoms with Gasteiger partial charge in [-0.05, 0) is 30.5 Å². The Bertz CT molecular complexity index is 2230. The van der Waals surface area contributed by atoms with Gasteiger partial charge in [0.2, 0.25) is 0 Å². The minimum absolute atomic E-state index is 0. The molecule has 6 aromatic rings. The number of phenols is 1. The summed E-state index contributed by atoms with van der Waals surface area (Å²) in [7, 11) is 0. The van der Waals surface area contributed by atoms with E-state index in [0.717, 1.165) is 41.8 Å². The van der Waals surface area contributed by atoms with E-state index in [1.807, 2.05) is 18.2 Å². The van der Waals surface area contributed by atoms with Crippen LogP contribution in [0.25, 0.3) is 16.5 Å². The molecule has 0 aliphatic rings. The summed E-state index contributed by atoms with van der Waals surface area (Å²) >= 11 is 0. The van der Waals surface area contributed by atoms with Crippen LogP contribution in [0.5, 0.6) is 23.1 Å². The Morgan fingerprint density at radius 2 is 1.20 bits per heavy atom. The molecule has 16 nitrogen and oxygen atoms in total. The second-order valence-electron chi connectivity index (χ2n) is 9.86. The molecule has 0 radical (unpaired) electrons. The van der Waals surface area contributed by atoms with Crippen LogP contribution in [0.3, 0.4) is 0 Å². The predicted molar refractivity (Wildman–Crippen MR) is 167 cm³/mol. The van der Waals surface area contributed by atoms with Crippen LogP contribution >= 0.6 is 0 Å². The van der Waals surface area contributed by atoms with Crippen molar-refractivity contribution in [2.75, 3.05) is 0 Å². The zero-order valence-corrected chi connectivity index (χ0v) is 26.1. The van der Waals surface area contributed by atoms with Crippen molar-refractivity contribution >= 4 is 44.9 Å². The van der Waals surface area contributed by atoms with Crippen LogP contribution in [-0.4, -0.2) is 24.7 Å².